The Bertz CT molecular complexity index is 759. The van der Waals surface area contributed by atoms with Crippen LogP contribution in [0.5, 0.6) is 5.75 Å². The second-order valence-corrected chi connectivity index (χ2v) is 6.85. The first kappa shape index (κ1) is 16.2. The third-order valence-corrected chi connectivity index (χ3v) is 4.65. The van der Waals surface area contributed by atoms with Crippen molar-refractivity contribution in [1.29, 1.82) is 0 Å². The zero-order valence-electron chi connectivity index (χ0n) is 13.1. The monoisotopic (exact) mass is 318 g/mol. The van der Waals surface area contributed by atoms with Crippen LogP contribution in [0.3, 0.4) is 0 Å². The van der Waals surface area contributed by atoms with Gasteiger partial charge in [0.1, 0.15) is 18.5 Å². The fraction of sp³-hybridized carbons (Fsp3) is 0.200. The van der Waals surface area contributed by atoms with Gasteiger partial charge in [-0.1, -0.05) is 11.5 Å². The molecule has 0 aromatic heterocycles. The number of sulfonamides is 1. The SMILES string of the molecule is Bc1ccc(OC)c(S(=O)(=O)Nc2ccc(N(C)C)cc2)c1. The summed E-state index contributed by atoms with van der Waals surface area (Å²) in [7, 11) is 3.45. The molecule has 0 aliphatic heterocycles. The van der Waals surface area contributed by atoms with Crippen molar-refractivity contribution >= 4 is 34.7 Å². The lowest BCUT2D eigenvalue weighted by Gasteiger charge is -2.15. The highest BCUT2D eigenvalue weighted by molar-refractivity contribution is 7.92. The highest BCUT2D eigenvalue weighted by Crippen LogP contribution is 2.25. The zero-order valence-corrected chi connectivity index (χ0v) is 13.9. The molecule has 1 N–H and O–H groups in total. The molecule has 0 amide bonds. The molecule has 0 fully saturated rings. The molecule has 2 aromatic carbocycles. The molecule has 0 aliphatic rings. The molecule has 0 unspecified atom stereocenters. The summed E-state index contributed by atoms with van der Waals surface area (Å²) in [5.74, 6) is 0.322. The summed E-state index contributed by atoms with van der Waals surface area (Å²) in [5.41, 5.74) is 2.36. The Morgan fingerprint density at radius 3 is 2.27 bits per heavy atom. The largest absolute Gasteiger partial charge is 0.495 e. The number of hydrogen-bond donors (Lipinski definition) is 1. The van der Waals surface area contributed by atoms with Gasteiger partial charge in [-0.2, -0.15) is 0 Å². The Balaban J connectivity index is 2.33. The van der Waals surface area contributed by atoms with Crippen LogP contribution in [0.25, 0.3) is 0 Å². The van der Waals surface area contributed by atoms with Gasteiger partial charge in [-0.05, 0) is 36.4 Å². The van der Waals surface area contributed by atoms with Crippen molar-refractivity contribution in [2.75, 3.05) is 30.8 Å². The molecule has 0 radical (unpaired) electrons. The third kappa shape index (κ3) is 3.54. The molecule has 0 spiro atoms. The van der Waals surface area contributed by atoms with E-state index in [4.69, 9.17) is 4.74 Å². The Morgan fingerprint density at radius 1 is 1.09 bits per heavy atom. The van der Waals surface area contributed by atoms with Crippen molar-refractivity contribution in [3.63, 3.8) is 0 Å². The summed E-state index contributed by atoms with van der Waals surface area (Å²) in [6.45, 7) is 0. The van der Waals surface area contributed by atoms with Crippen LogP contribution in [0.2, 0.25) is 0 Å². The van der Waals surface area contributed by atoms with E-state index >= 15 is 0 Å². The van der Waals surface area contributed by atoms with Crippen LogP contribution < -0.4 is 19.8 Å². The minimum atomic E-state index is -3.70. The molecule has 22 heavy (non-hydrogen) atoms. The summed E-state index contributed by atoms with van der Waals surface area (Å²) in [4.78, 5) is 2.08. The smallest absolute Gasteiger partial charge is 0.265 e. The molecule has 0 saturated heterocycles. The van der Waals surface area contributed by atoms with Crippen LogP contribution >= 0.6 is 0 Å². The molecule has 0 heterocycles. The van der Waals surface area contributed by atoms with Gasteiger partial charge >= 0.3 is 0 Å². The number of ether oxygens (including phenoxy) is 1. The standard InChI is InChI=1S/C15H19BN2O3S/c1-18(2)13-7-5-12(6-8-13)17-22(19,20)15-10-11(16)4-9-14(15)21-3/h4-10,17H,16H2,1-3H3. The van der Waals surface area contributed by atoms with Crippen molar-refractivity contribution in [3.8, 4) is 5.75 Å². The molecular weight excluding hydrogens is 299 g/mol. The first-order chi connectivity index (χ1) is 10.3. The van der Waals surface area contributed by atoms with Gasteiger partial charge < -0.3 is 9.64 Å². The number of anilines is 2. The van der Waals surface area contributed by atoms with E-state index < -0.39 is 10.0 Å². The lowest BCUT2D eigenvalue weighted by atomic mass is 9.97. The minimum absolute atomic E-state index is 0.131. The van der Waals surface area contributed by atoms with E-state index in [9.17, 15) is 8.42 Å². The highest BCUT2D eigenvalue weighted by Gasteiger charge is 2.19. The fourth-order valence-electron chi connectivity index (χ4n) is 2.03. The molecule has 7 heteroatoms. The maximum absolute atomic E-state index is 12.6. The zero-order chi connectivity index (χ0) is 16.3. The molecular formula is C15H19BN2O3S. The molecule has 0 aliphatic carbocycles. The van der Waals surface area contributed by atoms with Crippen molar-refractivity contribution in [1.82, 2.24) is 0 Å². The number of nitrogens with zero attached hydrogens (tertiary/aromatic N) is 1. The maximum atomic E-state index is 12.6. The normalized spacial score (nSPS) is 11.0. The van der Waals surface area contributed by atoms with Crippen LogP contribution in [-0.4, -0.2) is 37.5 Å². The van der Waals surface area contributed by atoms with Gasteiger partial charge in [0.15, 0.2) is 0 Å². The summed E-state index contributed by atoms with van der Waals surface area (Å²) in [5, 5.41) is 0. The Kier molecular flexibility index (Phi) is 4.66. The van der Waals surface area contributed by atoms with Crippen molar-refractivity contribution in [3.05, 3.63) is 42.5 Å². The fourth-order valence-corrected chi connectivity index (χ4v) is 3.35. The number of methoxy groups -OCH3 is 1. The Labute approximate surface area is 132 Å². The highest BCUT2D eigenvalue weighted by atomic mass is 32.2. The molecule has 0 atom stereocenters. The molecule has 116 valence electrons. The molecule has 0 saturated carbocycles. The Morgan fingerprint density at radius 2 is 1.73 bits per heavy atom. The number of benzene rings is 2. The number of hydrogen-bond acceptors (Lipinski definition) is 4. The average Bonchev–Trinajstić information content (AvgIpc) is 2.47. The Hall–Kier alpha value is -2.15. The number of nitrogens with one attached hydrogen (secondary N) is 1. The number of rotatable bonds is 5. The van der Waals surface area contributed by atoms with Crippen LogP contribution in [0.4, 0.5) is 11.4 Å². The predicted octanol–water partition coefficient (Wildman–Crippen LogP) is 0.820. The average molecular weight is 318 g/mol. The third-order valence-electron chi connectivity index (χ3n) is 3.24. The van der Waals surface area contributed by atoms with E-state index in [1.165, 1.54) is 7.11 Å². The second kappa shape index (κ2) is 6.31. The minimum Gasteiger partial charge on any atom is -0.495 e. The summed E-state index contributed by atoms with van der Waals surface area (Å²) >= 11 is 0. The first-order valence-corrected chi connectivity index (χ1v) is 8.26. The predicted molar refractivity (Wildman–Crippen MR) is 92.7 cm³/mol. The lowest BCUT2D eigenvalue weighted by molar-refractivity contribution is 0.403. The van der Waals surface area contributed by atoms with Gasteiger partial charge in [-0.15, -0.1) is 0 Å². The lowest BCUT2D eigenvalue weighted by Crippen LogP contribution is -2.17. The van der Waals surface area contributed by atoms with E-state index in [1.807, 2.05) is 45.0 Å². The van der Waals surface area contributed by atoms with Crippen LogP contribution in [0.15, 0.2) is 47.4 Å². The van der Waals surface area contributed by atoms with E-state index in [-0.39, 0.29) is 4.90 Å². The molecule has 2 rings (SSSR count). The quantitative estimate of drug-likeness (QED) is 0.830. The van der Waals surface area contributed by atoms with E-state index in [0.717, 1.165) is 11.2 Å². The van der Waals surface area contributed by atoms with Crippen LogP contribution in [0.1, 0.15) is 0 Å². The van der Waals surface area contributed by atoms with Gasteiger partial charge in [-0.3, -0.25) is 4.72 Å². The van der Waals surface area contributed by atoms with Gasteiger partial charge in [-0.25, -0.2) is 8.42 Å². The van der Waals surface area contributed by atoms with E-state index in [2.05, 4.69) is 4.72 Å². The van der Waals surface area contributed by atoms with Gasteiger partial charge in [0.25, 0.3) is 10.0 Å². The van der Waals surface area contributed by atoms with Crippen LogP contribution in [0, 0.1) is 0 Å². The van der Waals surface area contributed by atoms with Crippen molar-refractivity contribution in [2.24, 2.45) is 0 Å². The van der Waals surface area contributed by atoms with Gasteiger partial charge in [0, 0.05) is 25.5 Å². The van der Waals surface area contributed by atoms with E-state index in [1.54, 1.807) is 24.3 Å². The summed E-state index contributed by atoms with van der Waals surface area (Å²) in [6.07, 6.45) is 0. The summed E-state index contributed by atoms with van der Waals surface area (Å²) < 4.78 is 32.8. The van der Waals surface area contributed by atoms with Gasteiger partial charge in [0.05, 0.1) is 7.11 Å². The second-order valence-electron chi connectivity index (χ2n) is 5.20. The maximum Gasteiger partial charge on any atom is 0.265 e. The summed E-state index contributed by atoms with van der Waals surface area (Å²) in [6, 6.07) is 12.2. The van der Waals surface area contributed by atoms with Crippen molar-refractivity contribution in [2.45, 2.75) is 4.90 Å². The molecule has 0 bridgehead atoms. The topological polar surface area (TPSA) is 58.6 Å². The van der Waals surface area contributed by atoms with Crippen LogP contribution in [-0.2, 0) is 10.0 Å². The first-order valence-electron chi connectivity index (χ1n) is 6.78. The molecule has 2 aromatic rings. The van der Waals surface area contributed by atoms with Crippen molar-refractivity contribution < 1.29 is 13.2 Å². The van der Waals surface area contributed by atoms with E-state index in [0.29, 0.717) is 11.4 Å². The van der Waals surface area contributed by atoms with Gasteiger partial charge in [0.2, 0.25) is 0 Å². The molecule has 5 nitrogen and oxygen atoms in total.